The summed E-state index contributed by atoms with van der Waals surface area (Å²) >= 11 is 0. The Balaban J connectivity index is 1.92. The summed E-state index contributed by atoms with van der Waals surface area (Å²) in [4.78, 5) is 23.5. The SMILES string of the molecule is COc1ccccc1CCNC(=O)CN(C)S(=O)(=O)c1ccc(C(C)=O)cc1. The summed E-state index contributed by atoms with van der Waals surface area (Å²) in [5, 5.41) is 2.72. The van der Waals surface area contributed by atoms with Gasteiger partial charge in [0, 0.05) is 19.2 Å². The third kappa shape index (κ3) is 5.40. The van der Waals surface area contributed by atoms with Crippen LogP contribution in [-0.4, -0.2) is 51.7 Å². The van der Waals surface area contributed by atoms with Crippen molar-refractivity contribution in [3.8, 4) is 5.75 Å². The Kier molecular flexibility index (Phi) is 7.31. The molecule has 0 unspecified atom stereocenters. The molecule has 0 aliphatic carbocycles. The van der Waals surface area contributed by atoms with Gasteiger partial charge < -0.3 is 10.1 Å². The highest BCUT2D eigenvalue weighted by atomic mass is 32.2. The van der Waals surface area contributed by atoms with Crippen LogP contribution in [0.4, 0.5) is 0 Å². The molecule has 0 saturated carbocycles. The number of carbonyl (C=O) groups excluding carboxylic acids is 2. The van der Waals surface area contributed by atoms with Gasteiger partial charge in [-0.05, 0) is 37.1 Å². The Bertz CT molecular complexity index is 939. The summed E-state index contributed by atoms with van der Waals surface area (Å²) in [7, 11) is -0.898. The summed E-state index contributed by atoms with van der Waals surface area (Å²) in [6.45, 7) is 1.47. The molecule has 2 aromatic rings. The van der Waals surface area contributed by atoms with Crippen LogP contribution in [0.3, 0.4) is 0 Å². The fourth-order valence-electron chi connectivity index (χ4n) is 2.63. The molecule has 1 N–H and O–H groups in total. The average Bonchev–Trinajstić information content (AvgIpc) is 2.68. The summed E-state index contributed by atoms with van der Waals surface area (Å²) in [5.74, 6) is 0.193. The average molecular weight is 404 g/mol. The zero-order chi connectivity index (χ0) is 20.7. The molecule has 28 heavy (non-hydrogen) atoms. The van der Waals surface area contributed by atoms with Crippen molar-refractivity contribution in [1.29, 1.82) is 0 Å². The van der Waals surface area contributed by atoms with Gasteiger partial charge in [-0.15, -0.1) is 0 Å². The Morgan fingerprint density at radius 2 is 1.71 bits per heavy atom. The molecule has 0 atom stereocenters. The number of nitrogens with one attached hydrogen (secondary N) is 1. The van der Waals surface area contributed by atoms with Crippen molar-refractivity contribution in [2.75, 3.05) is 27.2 Å². The topological polar surface area (TPSA) is 92.8 Å². The molecule has 0 radical (unpaired) electrons. The van der Waals surface area contributed by atoms with E-state index in [1.807, 2.05) is 24.3 Å². The van der Waals surface area contributed by atoms with E-state index >= 15 is 0 Å². The molecule has 0 aromatic heterocycles. The third-order valence-corrected chi connectivity index (χ3v) is 6.06. The van der Waals surface area contributed by atoms with Gasteiger partial charge in [0.25, 0.3) is 0 Å². The van der Waals surface area contributed by atoms with E-state index in [0.717, 1.165) is 15.6 Å². The number of ether oxygens (including phenoxy) is 1. The molecule has 150 valence electrons. The minimum atomic E-state index is -3.82. The molecule has 2 aromatic carbocycles. The Morgan fingerprint density at radius 1 is 1.07 bits per heavy atom. The second kappa shape index (κ2) is 9.48. The smallest absolute Gasteiger partial charge is 0.243 e. The van der Waals surface area contributed by atoms with Crippen molar-refractivity contribution >= 4 is 21.7 Å². The van der Waals surface area contributed by atoms with Gasteiger partial charge in [-0.3, -0.25) is 9.59 Å². The number of ketones is 1. The van der Waals surface area contributed by atoms with Crippen molar-refractivity contribution in [2.45, 2.75) is 18.2 Å². The van der Waals surface area contributed by atoms with Gasteiger partial charge in [0.2, 0.25) is 15.9 Å². The number of amides is 1. The molecule has 0 saturated heterocycles. The first-order valence-corrected chi connectivity index (χ1v) is 10.2. The number of sulfonamides is 1. The van der Waals surface area contributed by atoms with E-state index in [4.69, 9.17) is 4.74 Å². The number of nitrogens with zero attached hydrogens (tertiary/aromatic N) is 1. The second-order valence-corrected chi connectivity index (χ2v) is 8.30. The monoisotopic (exact) mass is 404 g/mol. The maximum atomic E-state index is 12.6. The first-order valence-electron chi connectivity index (χ1n) is 8.71. The summed E-state index contributed by atoms with van der Waals surface area (Å²) in [6, 6.07) is 13.1. The number of benzene rings is 2. The number of methoxy groups -OCH3 is 1. The van der Waals surface area contributed by atoms with E-state index in [9.17, 15) is 18.0 Å². The lowest BCUT2D eigenvalue weighted by Crippen LogP contribution is -2.39. The number of carbonyl (C=O) groups is 2. The van der Waals surface area contributed by atoms with Crippen molar-refractivity contribution in [3.63, 3.8) is 0 Å². The second-order valence-electron chi connectivity index (χ2n) is 6.25. The van der Waals surface area contributed by atoms with E-state index in [1.54, 1.807) is 7.11 Å². The molecule has 0 fully saturated rings. The molecule has 1 amide bonds. The van der Waals surface area contributed by atoms with E-state index < -0.39 is 15.9 Å². The number of para-hydroxylation sites is 1. The Hall–Kier alpha value is -2.71. The predicted octanol–water partition coefficient (Wildman–Crippen LogP) is 1.88. The van der Waals surface area contributed by atoms with Gasteiger partial charge in [-0.25, -0.2) is 8.42 Å². The van der Waals surface area contributed by atoms with E-state index in [0.29, 0.717) is 18.5 Å². The highest BCUT2D eigenvalue weighted by Gasteiger charge is 2.23. The molecule has 2 rings (SSSR count). The summed E-state index contributed by atoms with van der Waals surface area (Å²) < 4.78 is 31.4. The molecular formula is C20H24N2O5S. The zero-order valence-electron chi connectivity index (χ0n) is 16.1. The summed E-state index contributed by atoms with van der Waals surface area (Å²) in [5.41, 5.74) is 1.38. The van der Waals surface area contributed by atoms with Crippen molar-refractivity contribution in [3.05, 3.63) is 59.7 Å². The third-order valence-electron chi connectivity index (χ3n) is 4.24. The van der Waals surface area contributed by atoms with Gasteiger partial charge in [0.1, 0.15) is 5.75 Å². The standard InChI is InChI=1S/C20H24N2O5S/c1-15(23)16-8-10-18(11-9-16)28(25,26)22(2)14-20(24)21-13-12-17-6-4-5-7-19(17)27-3/h4-11H,12-14H2,1-3H3,(H,21,24). The Labute approximate surface area is 165 Å². The first-order chi connectivity index (χ1) is 13.3. The van der Waals surface area contributed by atoms with Crippen molar-refractivity contribution in [2.24, 2.45) is 0 Å². The highest BCUT2D eigenvalue weighted by molar-refractivity contribution is 7.89. The Morgan fingerprint density at radius 3 is 2.32 bits per heavy atom. The molecule has 8 heteroatoms. The van der Waals surface area contributed by atoms with Crippen LogP contribution < -0.4 is 10.1 Å². The van der Waals surface area contributed by atoms with Gasteiger partial charge >= 0.3 is 0 Å². The minimum Gasteiger partial charge on any atom is -0.496 e. The molecule has 0 bridgehead atoms. The van der Waals surface area contributed by atoms with Gasteiger partial charge in [-0.1, -0.05) is 30.3 Å². The number of hydrogen-bond acceptors (Lipinski definition) is 5. The van der Waals surface area contributed by atoms with Gasteiger partial charge in [0.15, 0.2) is 5.78 Å². The zero-order valence-corrected chi connectivity index (χ0v) is 17.0. The van der Waals surface area contributed by atoms with Crippen LogP contribution in [0.5, 0.6) is 5.75 Å². The van der Waals surface area contributed by atoms with Crippen LogP contribution in [0.25, 0.3) is 0 Å². The van der Waals surface area contributed by atoms with Crippen LogP contribution in [0.15, 0.2) is 53.4 Å². The molecular weight excluding hydrogens is 380 g/mol. The lowest BCUT2D eigenvalue weighted by molar-refractivity contribution is -0.121. The predicted molar refractivity (Wildman–Crippen MR) is 106 cm³/mol. The van der Waals surface area contributed by atoms with Crippen molar-refractivity contribution < 1.29 is 22.7 Å². The molecule has 0 spiro atoms. The minimum absolute atomic E-state index is 0.0295. The fraction of sp³-hybridized carbons (Fsp3) is 0.300. The molecule has 0 heterocycles. The fourth-order valence-corrected chi connectivity index (χ4v) is 3.76. The summed E-state index contributed by atoms with van der Waals surface area (Å²) in [6.07, 6.45) is 0.568. The maximum Gasteiger partial charge on any atom is 0.243 e. The molecule has 0 aliphatic rings. The maximum absolute atomic E-state index is 12.6. The van der Waals surface area contributed by atoms with Crippen molar-refractivity contribution in [1.82, 2.24) is 9.62 Å². The van der Waals surface area contributed by atoms with E-state index in [2.05, 4.69) is 5.32 Å². The van der Waals surface area contributed by atoms with Crippen LogP contribution in [0, 0.1) is 0 Å². The largest absolute Gasteiger partial charge is 0.496 e. The number of rotatable bonds is 9. The highest BCUT2D eigenvalue weighted by Crippen LogP contribution is 2.17. The molecule has 0 aliphatic heterocycles. The molecule has 7 nitrogen and oxygen atoms in total. The normalized spacial score (nSPS) is 11.3. The van der Waals surface area contributed by atoms with Crippen LogP contribution >= 0.6 is 0 Å². The lowest BCUT2D eigenvalue weighted by atomic mass is 10.1. The van der Waals surface area contributed by atoms with Crippen LogP contribution in [0.1, 0.15) is 22.8 Å². The van der Waals surface area contributed by atoms with Gasteiger partial charge in [0.05, 0.1) is 18.6 Å². The quantitative estimate of drug-likeness (QED) is 0.644. The van der Waals surface area contributed by atoms with E-state index in [1.165, 1.54) is 38.2 Å². The van der Waals surface area contributed by atoms with Crippen LogP contribution in [0.2, 0.25) is 0 Å². The van der Waals surface area contributed by atoms with Gasteiger partial charge in [-0.2, -0.15) is 4.31 Å². The van der Waals surface area contributed by atoms with Crippen LogP contribution in [-0.2, 0) is 21.2 Å². The number of likely N-dealkylation sites (N-methyl/N-ethyl adjacent to an activating group) is 1. The number of hydrogen-bond donors (Lipinski definition) is 1. The van der Waals surface area contributed by atoms with E-state index in [-0.39, 0.29) is 17.2 Å². The first kappa shape index (κ1) is 21.6. The lowest BCUT2D eigenvalue weighted by Gasteiger charge is -2.17. The number of Topliss-reactive ketones (excluding diaryl/α,β-unsaturated/α-hetero) is 1.